The number of ether oxygens (including phenoxy) is 1. The Kier molecular flexibility index (Phi) is 4.83. The number of rotatable bonds is 5. The minimum atomic E-state index is -0.557. The minimum Gasteiger partial charge on any atom is -0.347 e. The molecule has 1 saturated heterocycles. The van der Waals surface area contributed by atoms with E-state index in [-0.39, 0.29) is 18.5 Å². The maximum atomic E-state index is 12.3. The van der Waals surface area contributed by atoms with Crippen molar-refractivity contribution in [1.29, 1.82) is 0 Å². The Bertz CT molecular complexity index is 670. The number of carbonyl (C=O) groups is 2. The molecule has 3 rings (SSSR count). The predicted octanol–water partition coefficient (Wildman–Crippen LogP) is 2.57. The van der Waals surface area contributed by atoms with Crippen molar-refractivity contribution in [2.45, 2.75) is 25.4 Å². The highest BCUT2D eigenvalue weighted by atomic mass is 16.5. The molecule has 0 bridgehead atoms. The average molecular weight is 309 g/mol. The molecule has 4 nitrogen and oxygen atoms in total. The van der Waals surface area contributed by atoms with E-state index in [9.17, 15) is 9.59 Å². The van der Waals surface area contributed by atoms with Gasteiger partial charge < -0.3 is 4.74 Å². The van der Waals surface area contributed by atoms with Crippen LogP contribution in [0.2, 0.25) is 0 Å². The lowest BCUT2D eigenvalue weighted by atomic mass is 10.1. The smallest absolute Gasteiger partial charge is 0.260 e. The summed E-state index contributed by atoms with van der Waals surface area (Å²) >= 11 is 0. The molecule has 1 heterocycles. The number of aryl methyl sites for hydroxylation is 1. The van der Waals surface area contributed by atoms with Crippen molar-refractivity contribution in [2.75, 3.05) is 6.73 Å². The lowest BCUT2D eigenvalue weighted by molar-refractivity contribution is -0.142. The molecule has 1 atom stereocenters. The summed E-state index contributed by atoms with van der Waals surface area (Å²) in [5.41, 5.74) is 2.12. The Morgan fingerprint density at radius 1 is 1.00 bits per heavy atom. The maximum Gasteiger partial charge on any atom is 0.260 e. The first-order valence-electron chi connectivity index (χ1n) is 7.78. The lowest BCUT2D eigenvalue weighted by Crippen LogP contribution is -2.35. The third kappa shape index (κ3) is 3.85. The van der Waals surface area contributed by atoms with E-state index in [0.717, 1.165) is 11.1 Å². The second-order valence-corrected chi connectivity index (χ2v) is 5.62. The zero-order chi connectivity index (χ0) is 16.1. The topological polar surface area (TPSA) is 46.6 Å². The number of benzene rings is 2. The molecule has 0 radical (unpaired) electrons. The van der Waals surface area contributed by atoms with Crippen LogP contribution in [0.4, 0.5) is 0 Å². The van der Waals surface area contributed by atoms with Gasteiger partial charge in [0.15, 0.2) is 0 Å². The number of hydrogen-bond acceptors (Lipinski definition) is 3. The molecule has 2 aromatic carbocycles. The first kappa shape index (κ1) is 15.4. The highest BCUT2D eigenvalue weighted by Gasteiger charge is 2.36. The molecular weight excluding hydrogens is 290 g/mol. The first-order valence-corrected chi connectivity index (χ1v) is 7.78. The Morgan fingerprint density at radius 2 is 1.61 bits per heavy atom. The summed E-state index contributed by atoms with van der Waals surface area (Å²) in [4.78, 5) is 25.8. The normalized spacial score (nSPS) is 17.5. The fraction of sp³-hybridized carbons (Fsp3) is 0.263. The van der Waals surface area contributed by atoms with E-state index in [0.29, 0.717) is 19.3 Å². The zero-order valence-corrected chi connectivity index (χ0v) is 12.9. The molecule has 1 fully saturated rings. The SMILES string of the molecule is O=C(CCc1ccccc1)N1CO[C@H](Cc2ccccc2)C1=O. The molecule has 23 heavy (non-hydrogen) atoms. The van der Waals surface area contributed by atoms with Gasteiger partial charge in [-0.3, -0.25) is 14.5 Å². The van der Waals surface area contributed by atoms with E-state index in [4.69, 9.17) is 4.74 Å². The molecular formula is C19H19NO3. The van der Waals surface area contributed by atoms with Crippen molar-refractivity contribution in [1.82, 2.24) is 4.90 Å². The summed E-state index contributed by atoms with van der Waals surface area (Å²) in [5, 5.41) is 0. The standard InChI is InChI=1S/C19H19NO3/c21-18(12-11-15-7-3-1-4-8-15)20-14-23-17(19(20)22)13-16-9-5-2-6-10-16/h1-10,17H,11-14H2/t17-/m1/s1. The molecule has 2 amide bonds. The van der Waals surface area contributed by atoms with Crippen LogP contribution >= 0.6 is 0 Å². The summed E-state index contributed by atoms with van der Waals surface area (Å²) in [7, 11) is 0. The Balaban J connectivity index is 1.55. The van der Waals surface area contributed by atoms with E-state index < -0.39 is 6.10 Å². The Hall–Kier alpha value is -2.46. The van der Waals surface area contributed by atoms with E-state index >= 15 is 0 Å². The van der Waals surface area contributed by atoms with Gasteiger partial charge in [-0.25, -0.2) is 0 Å². The van der Waals surface area contributed by atoms with Gasteiger partial charge in [0.2, 0.25) is 5.91 Å². The largest absolute Gasteiger partial charge is 0.347 e. The van der Waals surface area contributed by atoms with Gasteiger partial charge in [0.25, 0.3) is 5.91 Å². The van der Waals surface area contributed by atoms with E-state index in [1.165, 1.54) is 4.90 Å². The summed E-state index contributed by atoms with van der Waals surface area (Å²) < 4.78 is 5.51. The fourth-order valence-corrected chi connectivity index (χ4v) is 2.67. The molecule has 0 N–H and O–H groups in total. The van der Waals surface area contributed by atoms with E-state index in [1.807, 2.05) is 60.7 Å². The molecule has 0 spiro atoms. The van der Waals surface area contributed by atoms with Crippen molar-refractivity contribution in [2.24, 2.45) is 0 Å². The van der Waals surface area contributed by atoms with Crippen molar-refractivity contribution in [3.63, 3.8) is 0 Å². The number of imide groups is 1. The second kappa shape index (κ2) is 7.20. The van der Waals surface area contributed by atoms with Crippen LogP contribution in [-0.4, -0.2) is 29.5 Å². The van der Waals surface area contributed by atoms with Crippen LogP contribution in [-0.2, 0) is 27.2 Å². The maximum absolute atomic E-state index is 12.3. The van der Waals surface area contributed by atoms with Crippen LogP contribution in [0.15, 0.2) is 60.7 Å². The van der Waals surface area contributed by atoms with Gasteiger partial charge in [-0.05, 0) is 17.5 Å². The van der Waals surface area contributed by atoms with Crippen molar-refractivity contribution in [3.8, 4) is 0 Å². The summed E-state index contributed by atoms with van der Waals surface area (Å²) in [6, 6.07) is 19.5. The molecule has 0 saturated carbocycles. The average Bonchev–Trinajstić information content (AvgIpc) is 2.95. The Labute approximate surface area is 135 Å². The van der Waals surface area contributed by atoms with E-state index in [2.05, 4.69) is 0 Å². The van der Waals surface area contributed by atoms with Gasteiger partial charge in [0, 0.05) is 12.8 Å². The van der Waals surface area contributed by atoms with Gasteiger partial charge in [-0.2, -0.15) is 0 Å². The van der Waals surface area contributed by atoms with Gasteiger partial charge in [0.05, 0.1) is 0 Å². The number of hydrogen-bond donors (Lipinski definition) is 0. The highest BCUT2D eigenvalue weighted by molar-refractivity contribution is 5.98. The van der Waals surface area contributed by atoms with Crippen LogP contribution in [0.3, 0.4) is 0 Å². The van der Waals surface area contributed by atoms with Crippen LogP contribution in [0.5, 0.6) is 0 Å². The van der Waals surface area contributed by atoms with Gasteiger partial charge in [0.1, 0.15) is 12.8 Å². The van der Waals surface area contributed by atoms with Gasteiger partial charge in [-0.15, -0.1) is 0 Å². The quantitative estimate of drug-likeness (QED) is 0.853. The summed E-state index contributed by atoms with van der Waals surface area (Å²) in [6.45, 7) is 0.0595. The van der Waals surface area contributed by atoms with Crippen molar-refractivity contribution in [3.05, 3.63) is 71.8 Å². The van der Waals surface area contributed by atoms with Crippen molar-refractivity contribution < 1.29 is 14.3 Å². The van der Waals surface area contributed by atoms with Gasteiger partial charge >= 0.3 is 0 Å². The molecule has 4 heteroatoms. The molecule has 0 unspecified atom stereocenters. The predicted molar refractivity (Wildman–Crippen MR) is 86.5 cm³/mol. The van der Waals surface area contributed by atoms with Crippen LogP contribution < -0.4 is 0 Å². The lowest BCUT2D eigenvalue weighted by Gasteiger charge is -2.12. The van der Waals surface area contributed by atoms with Crippen LogP contribution in [0, 0.1) is 0 Å². The summed E-state index contributed by atoms with van der Waals surface area (Å²) in [5.74, 6) is -0.402. The minimum absolute atomic E-state index is 0.0595. The van der Waals surface area contributed by atoms with Crippen molar-refractivity contribution >= 4 is 11.8 Å². The molecule has 0 aromatic heterocycles. The van der Waals surface area contributed by atoms with Crippen LogP contribution in [0.25, 0.3) is 0 Å². The second-order valence-electron chi connectivity index (χ2n) is 5.62. The van der Waals surface area contributed by atoms with Crippen LogP contribution in [0.1, 0.15) is 17.5 Å². The zero-order valence-electron chi connectivity index (χ0n) is 12.9. The fourth-order valence-electron chi connectivity index (χ4n) is 2.67. The van der Waals surface area contributed by atoms with Gasteiger partial charge in [-0.1, -0.05) is 60.7 Å². The summed E-state index contributed by atoms with van der Waals surface area (Å²) in [6.07, 6.45) is 0.893. The Morgan fingerprint density at radius 3 is 2.26 bits per heavy atom. The highest BCUT2D eigenvalue weighted by Crippen LogP contribution is 2.17. The third-order valence-electron chi connectivity index (χ3n) is 3.98. The molecule has 2 aromatic rings. The third-order valence-corrected chi connectivity index (χ3v) is 3.98. The number of carbonyl (C=O) groups excluding carboxylic acids is 2. The molecule has 0 aliphatic carbocycles. The molecule has 1 aliphatic rings. The number of amides is 2. The van der Waals surface area contributed by atoms with E-state index in [1.54, 1.807) is 0 Å². The molecule has 118 valence electrons. The molecule has 1 aliphatic heterocycles. The number of nitrogens with zero attached hydrogens (tertiary/aromatic N) is 1. The monoisotopic (exact) mass is 309 g/mol. The first-order chi connectivity index (χ1) is 11.2.